The van der Waals surface area contributed by atoms with Crippen molar-refractivity contribution in [3.63, 3.8) is 0 Å². The Morgan fingerprint density at radius 3 is 2.46 bits per heavy atom. The highest BCUT2D eigenvalue weighted by atomic mass is 19.4. The highest BCUT2D eigenvalue weighted by Crippen LogP contribution is 2.45. The first-order chi connectivity index (χ1) is 16.6. The van der Waals surface area contributed by atoms with E-state index in [-0.39, 0.29) is 16.9 Å². The van der Waals surface area contributed by atoms with Crippen molar-refractivity contribution < 1.29 is 27.2 Å². The van der Waals surface area contributed by atoms with E-state index in [9.17, 15) is 27.2 Å². The molecular weight excluding hydrogens is 464 g/mol. The molecule has 0 aliphatic carbocycles. The fourth-order valence-electron chi connectivity index (χ4n) is 5.12. The molecule has 2 heterocycles. The van der Waals surface area contributed by atoms with Crippen LogP contribution in [0.1, 0.15) is 40.7 Å². The lowest BCUT2D eigenvalue weighted by atomic mass is 9.76. The molecule has 2 aliphatic heterocycles. The maximum absolute atomic E-state index is 13.7. The van der Waals surface area contributed by atoms with Gasteiger partial charge in [0.15, 0.2) is 0 Å². The van der Waals surface area contributed by atoms with Crippen molar-refractivity contribution in [1.29, 1.82) is 5.26 Å². The number of nitrogens with one attached hydrogen (secondary N) is 1. The first-order valence-corrected chi connectivity index (χ1v) is 11.2. The molecule has 0 radical (unpaired) electrons. The van der Waals surface area contributed by atoms with E-state index in [1.807, 2.05) is 4.90 Å². The molecule has 184 valence electrons. The minimum Gasteiger partial charge on any atom is -0.371 e. The number of carbonyl (C=O) groups excluding carboxylic acids is 2. The van der Waals surface area contributed by atoms with E-state index in [1.54, 1.807) is 6.07 Å². The third-order valence-electron chi connectivity index (χ3n) is 7.01. The van der Waals surface area contributed by atoms with Gasteiger partial charge in [-0.15, -0.1) is 0 Å². The van der Waals surface area contributed by atoms with Crippen molar-refractivity contribution in [2.75, 3.05) is 31.6 Å². The summed E-state index contributed by atoms with van der Waals surface area (Å²) in [7, 11) is 1.49. The zero-order valence-corrected chi connectivity index (χ0v) is 19.0. The number of anilines is 1. The summed E-state index contributed by atoms with van der Waals surface area (Å²) < 4.78 is 53.9. The molecule has 1 N–H and O–H groups in total. The van der Waals surface area contributed by atoms with Gasteiger partial charge in [-0.3, -0.25) is 9.59 Å². The average molecular weight is 488 g/mol. The molecule has 2 amide bonds. The Kier molecular flexibility index (Phi) is 6.45. The van der Waals surface area contributed by atoms with Gasteiger partial charge in [0.1, 0.15) is 11.9 Å². The molecule has 0 bridgehead atoms. The van der Waals surface area contributed by atoms with Crippen molar-refractivity contribution in [2.24, 2.45) is 5.41 Å². The van der Waals surface area contributed by atoms with Gasteiger partial charge in [-0.1, -0.05) is 6.07 Å². The van der Waals surface area contributed by atoms with Crippen LogP contribution in [0.5, 0.6) is 0 Å². The molecule has 10 heteroatoms. The van der Waals surface area contributed by atoms with Gasteiger partial charge in [0.05, 0.1) is 17.2 Å². The van der Waals surface area contributed by atoms with Gasteiger partial charge in [0, 0.05) is 37.9 Å². The molecule has 2 saturated heterocycles. The fourth-order valence-corrected chi connectivity index (χ4v) is 5.12. The maximum atomic E-state index is 13.7. The van der Waals surface area contributed by atoms with Gasteiger partial charge in [-0.05, 0) is 61.1 Å². The molecule has 1 atom stereocenters. The average Bonchev–Trinajstić information content (AvgIpc) is 3.21. The fraction of sp³-hybridized carbons (Fsp3) is 0.400. The van der Waals surface area contributed by atoms with Crippen LogP contribution < -0.4 is 10.2 Å². The quantitative estimate of drug-likeness (QED) is 0.664. The van der Waals surface area contributed by atoms with Crippen LogP contribution in [-0.2, 0) is 11.0 Å². The summed E-state index contributed by atoms with van der Waals surface area (Å²) in [5, 5.41) is 11.6. The highest BCUT2D eigenvalue weighted by Gasteiger charge is 2.49. The lowest BCUT2D eigenvalue weighted by molar-refractivity contribution is -0.137. The summed E-state index contributed by atoms with van der Waals surface area (Å²) in [4.78, 5) is 29.1. The van der Waals surface area contributed by atoms with E-state index in [0.29, 0.717) is 44.6 Å². The minimum absolute atomic E-state index is 0.158. The molecule has 2 aromatic rings. The third kappa shape index (κ3) is 4.81. The van der Waals surface area contributed by atoms with Crippen LogP contribution in [-0.4, -0.2) is 49.4 Å². The number of rotatable bonds is 3. The van der Waals surface area contributed by atoms with E-state index in [0.717, 1.165) is 12.1 Å². The number of alkyl halides is 3. The van der Waals surface area contributed by atoms with Crippen molar-refractivity contribution in [3.05, 3.63) is 65.0 Å². The Balaban J connectivity index is 1.54. The molecule has 0 aromatic heterocycles. The summed E-state index contributed by atoms with van der Waals surface area (Å²) in [6, 6.07) is 9.88. The summed E-state index contributed by atoms with van der Waals surface area (Å²) >= 11 is 0. The zero-order valence-electron chi connectivity index (χ0n) is 19.0. The van der Waals surface area contributed by atoms with E-state index >= 15 is 0 Å². The molecule has 1 spiro atoms. The SMILES string of the molecule is CNC(=O)C1CC2(CCN(c3ccc(C#N)c(C(F)(F)F)c3)CC2)CN1C(=O)c1cccc(F)c1. The second kappa shape index (κ2) is 9.21. The van der Waals surface area contributed by atoms with Crippen LogP contribution in [0.2, 0.25) is 0 Å². The van der Waals surface area contributed by atoms with Gasteiger partial charge < -0.3 is 15.1 Å². The first kappa shape index (κ1) is 24.5. The van der Waals surface area contributed by atoms with Crippen molar-refractivity contribution in [2.45, 2.75) is 31.5 Å². The number of nitrogens with zero attached hydrogens (tertiary/aromatic N) is 3. The molecule has 4 rings (SSSR count). The van der Waals surface area contributed by atoms with Crippen molar-refractivity contribution in [1.82, 2.24) is 10.2 Å². The summed E-state index contributed by atoms with van der Waals surface area (Å²) in [5.74, 6) is -1.29. The Morgan fingerprint density at radius 1 is 1.14 bits per heavy atom. The Labute approximate surface area is 200 Å². The van der Waals surface area contributed by atoms with Gasteiger partial charge >= 0.3 is 6.18 Å². The molecule has 0 saturated carbocycles. The van der Waals surface area contributed by atoms with E-state index in [2.05, 4.69) is 5.32 Å². The number of benzene rings is 2. The predicted molar refractivity (Wildman–Crippen MR) is 120 cm³/mol. The van der Waals surface area contributed by atoms with E-state index in [4.69, 9.17) is 5.26 Å². The maximum Gasteiger partial charge on any atom is 0.417 e. The second-order valence-corrected chi connectivity index (χ2v) is 9.10. The van der Waals surface area contributed by atoms with Crippen LogP contribution in [0, 0.1) is 22.6 Å². The van der Waals surface area contributed by atoms with Crippen LogP contribution in [0.4, 0.5) is 23.2 Å². The normalized spacial score (nSPS) is 19.5. The Morgan fingerprint density at radius 2 is 1.86 bits per heavy atom. The van der Waals surface area contributed by atoms with E-state index < -0.39 is 35.1 Å². The first-order valence-electron chi connectivity index (χ1n) is 11.2. The number of likely N-dealkylation sites (tertiary alicyclic amines) is 1. The molecule has 2 fully saturated rings. The van der Waals surface area contributed by atoms with Crippen LogP contribution >= 0.6 is 0 Å². The summed E-state index contributed by atoms with van der Waals surface area (Å²) in [5.41, 5.74) is -1.24. The molecule has 6 nitrogen and oxygen atoms in total. The number of piperidine rings is 1. The Hall–Kier alpha value is -3.61. The molecular formula is C25H24F4N4O2. The van der Waals surface area contributed by atoms with E-state index in [1.165, 1.54) is 42.3 Å². The standard InChI is InChI=1S/C25H24F4N4O2/c1-31-22(34)21-13-24(15-33(21)23(35)16-3-2-4-18(26)11-16)7-9-32(10-8-24)19-6-5-17(14-30)20(12-19)25(27,28)29/h2-6,11-12,21H,7-10,13,15H2,1H3,(H,31,34). The second-order valence-electron chi connectivity index (χ2n) is 9.10. The molecule has 1 unspecified atom stereocenters. The molecule has 2 aromatic carbocycles. The third-order valence-corrected chi connectivity index (χ3v) is 7.01. The monoisotopic (exact) mass is 488 g/mol. The van der Waals surface area contributed by atoms with Crippen molar-refractivity contribution >= 4 is 17.5 Å². The summed E-state index contributed by atoms with van der Waals surface area (Å²) in [6.07, 6.45) is -3.09. The number of nitriles is 1. The lowest BCUT2D eigenvalue weighted by Gasteiger charge is -2.40. The van der Waals surface area contributed by atoms with Crippen LogP contribution in [0.3, 0.4) is 0 Å². The zero-order chi connectivity index (χ0) is 25.4. The lowest BCUT2D eigenvalue weighted by Crippen LogP contribution is -2.45. The summed E-state index contributed by atoms with van der Waals surface area (Å²) in [6.45, 7) is 1.17. The number of carbonyl (C=O) groups is 2. The molecule has 2 aliphatic rings. The predicted octanol–water partition coefficient (Wildman–Crippen LogP) is 3.96. The number of amides is 2. The number of halogens is 4. The number of hydrogen-bond donors (Lipinski definition) is 1. The largest absolute Gasteiger partial charge is 0.417 e. The van der Waals surface area contributed by atoms with Crippen LogP contribution in [0.15, 0.2) is 42.5 Å². The number of hydrogen-bond acceptors (Lipinski definition) is 4. The molecule has 35 heavy (non-hydrogen) atoms. The van der Waals surface area contributed by atoms with Crippen molar-refractivity contribution in [3.8, 4) is 6.07 Å². The topological polar surface area (TPSA) is 76.4 Å². The highest BCUT2D eigenvalue weighted by molar-refractivity contribution is 5.98. The van der Waals surface area contributed by atoms with Crippen LogP contribution in [0.25, 0.3) is 0 Å². The van der Waals surface area contributed by atoms with Gasteiger partial charge in [0.2, 0.25) is 5.91 Å². The smallest absolute Gasteiger partial charge is 0.371 e. The number of likely N-dealkylation sites (N-methyl/N-ethyl adjacent to an activating group) is 1. The van der Waals surface area contributed by atoms with Gasteiger partial charge in [-0.2, -0.15) is 18.4 Å². The minimum atomic E-state index is -4.64. The van der Waals surface area contributed by atoms with Gasteiger partial charge in [0.25, 0.3) is 5.91 Å². The Bertz CT molecular complexity index is 1180. The van der Waals surface area contributed by atoms with Gasteiger partial charge in [-0.25, -0.2) is 4.39 Å².